The molecule has 0 aromatic carbocycles. The van der Waals surface area contributed by atoms with E-state index in [0.29, 0.717) is 0 Å². The van der Waals surface area contributed by atoms with Crippen molar-refractivity contribution in [1.29, 1.82) is 0 Å². The third-order valence-corrected chi connectivity index (χ3v) is 2.65. The van der Waals surface area contributed by atoms with Crippen LogP contribution in [0.15, 0.2) is 0 Å². The van der Waals surface area contributed by atoms with Gasteiger partial charge in [0.05, 0.1) is 0 Å². The first-order chi connectivity index (χ1) is 4.42. The van der Waals surface area contributed by atoms with Gasteiger partial charge in [-0.1, -0.05) is 6.92 Å². The first-order valence-electron chi connectivity index (χ1n) is 4.16. The Labute approximate surface area is 57.0 Å². The van der Waals surface area contributed by atoms with Crippen molar-refractivity contribution in [2.24, 2.45) is 5.92 Å². The second kappa shape index (κ2) is 1.98. The summed E-state index contributed by atoms with van der Waals surface area (Å²) in [7, 11) is 0. The molecule has 1 saturated carbocycles. The number of likely N-dealkylation sites (tertiary alicyclic amines) is 1. The maximum absolute atomic E-state index is 2.66. The summed E-state index contributed by atoms with van der Waals surface area (Å²) in [6.07, 6.45) is 4.34. The fraction of sp³-hybridized carbons (Fsp3) is 1.00. The zero-order valence-electron chi connectivity index (χ0n) is 6.14. The number of hydrogen-bond donors (Lipinski definition) is 0. The summed E-state index contributed by atoms with van der Waals surface area (Å²) in [5.41, 5.74) is 0. The van der Waals surface area contributed by atoms with Gasteiger partial charge in [0.25, 0.3) is 0 Å². The Balaban J connectivity index is 1.84. The minimum atomic E-state index is 1.03. The Morgan fingerprint density at radius 3 is 2.89 bits per heavy atom. The Bertz CT molecular complexity index is 111. The molecule has 2 aliphatic rings. The van der Waals surface area contributed by atoms with Gasteiger partial charge in [0, 0.05) is 6.04 Å². The van der Waals surface area contributed by atoms with E-state index in [4.69, 9.17) is 0 Å². The SMILES string of the molecule is CCCN1CCC2CC21. The van der Waals surface area contributed by atoms with Gasteiger partial charge >= 0.3 is 0 Å². The summed E-state index contributed by atoms with van der Waals surface area (Å²) < 4.78 is 0. The van der Waals surface area contributed by atoms with Crippen LogP contribution in [-0.4, -0.2) is 24.0 Å². The van der Waals surface area contributed by atoms with E-state index in [1.807, 2.05) is 0 Å². The van der Waals surface area contributed by atoms with E-state index in [1.165, 1.54) is 32.4 Å². The minimum Gasteiger partial charge on any atom is -0.300 e. The van der Waals surface area contributed by atoms with E-state index in [1.54, 1.807) is 0 Å². The molecule has 0 radical (unpaired) electrons. The molecule has 0 N–H and O–H groups in total. The lowest BCUT2D eigenvalue weighted by molar-refractivity contribution is 0.300. The predicted octanol–water partition coefficient (Wildman–Crippen LogP) is 1.49. The molecule has 0 bridgehead atoms. The van der Waals surface area contributed by atoms with Crippen LogP contribution in [-0.2, 0) is 0 Å². The zero-order chi connectivity index (χ0) is 6.27. The van der Waals surface area contributed by atoms with E-state index in [0.717, 1.165) is 12.0 Å². The Hall–Kier alpha value is -0.0400. The second-order valence-electron chi connectivity index (χ2n) is 3.39. The van der Waals surface area contributed by atoms with Crippen LogP contribution in [0, 0.1) is 5.92 Å². The molecule has 0 aromatic heterocycles. The van der Waals surface area contributed by atoms with Crippen LogP contribution in [0.25, 0.3) is 0 Å². The summed E-state index contributed by atoms with van der Waals surface area (Å²) in [6, 6.07) is 1.03. The highest BCUT2D eigenvalue weighted by atomic mass is 15.2. The van der Waals surface area contributed by atoms with Gasteiger partial charge in [-0.05, 0) is 38.3 Å². The molecule has 1 heterocycles. The van der Waals surface area contributed by atoms with Crippen molar-refractivity contribution in [2.45, 2.75) is 32.2 Å². The van der Waals surface area contributed by atoms with E-state index in [-0.39, 0.29) is 0 Å². The normalized spacial score (nSPS) is 41.0. The summed E-state index contributed by atoms with van der Waals surface area (Å²) in [4.78, 5) is 2.66. The van der Waals surface area contributed by atoms with E-state index < -0.39 is 0 Å². The number of rotatable bonds is 2. The van der Waals surface area contributed by atoms with Gasteiger partial charge in [-0.2, -0.15) is 0 Å². The van der Waals surface area contributed by atoms with Gasteiger partial charge in [0.15, 0.2) is 0 Å². The lowest BCUT2D eigenvalue weighted by atomic mass is 10.3. The molecule has 1 nitrogen and oxygen atoms in total. The fourth-order valence-electron chi connectivity index (χ4n) is 2.05. The van der Waals surface area contributed by atoms with Crippen LogP contribution in [0.4, 0.5) is 0 Å². The quantitative estimate of drug-likeness (QED) is 0.540. The highest BCUT2D eigenvalue weighted by molar-refractivity contribution is 5.00. The average Bonchev–Trinajstić information content (AvgIpc) is 2.54. The number of nitrogens with zero attached hydrogens (tertiary/aromatic N) is 1. The first-order valence-corrected chi connectivity index (χ1v) is 4.16. The lowest BCUT2D eigenvalue weighted by Gasteiger charge is -2.15. The van der Waals surface area contributed by atoms with Crippen molar-refractivity contribution in [3.05, 3.63) is 0 Å². The van der Waals surface area contributed by atoms with Crippen LogP contribution >= 0.6 is 0 Å². The smallest absolute Gasteiger partial charge is 0.0128 e. The first kappa shape index (κ1) is 5.72. The van der Waals surface area contributed by atoms with E-state index >= 15 is 0 Å². The minimum absolute atomic E-state index is 1.03. The molecule has 0 spiro atoms. The molecule has 0 amide bonds. The van der Waals surface area contributed by atoms with Crippen LogP contribution < -0.4 is 0 Å². The van der Waals surface area contributed by atoms with Gasteiger partial charge in [0.1, 0.15) is 0 Å². The molecule has 2 fully saturated rings. The molecule has 9 heavy (non-hydrogen) atoms. The maximum atomic E-state index is 2.66. The number of fused-ring (bicyclic) bond motifs is 1. The maximum Gasteiger partial charge on any atom is 0.0128 e. The third-order valence-electron chi connectivity index (χ3n) is 2.65. The molecule has 0 aromatic rings. The van der Waals surface area contributed by atoms with Crippen molar-refractivity contribution in [1.82, 2.24) is 4.90 Å². The summed E-state index contributed by atoms with van der Waals surface area (Å²) >= 11 is 0. The highest BCUT2D eigenvalue weighted by Crippen LogP contribution is 2.44. The largest absolute Gasteiger partial charge is 0.300 e. The summed E-state index contributed by atoms with van der Waals surface area (Å²) in [5.74, 6) is 1.12. The standard InChI is InChI=1S/C8H15N/c1-2-4-9-5-3-7-6-8(7)9/h7-8H,2-6H2,1H3. The Morgan fingerprint density at radius 2 is 2.44 bits per heavy atom. The molecule has 52 valence electrons. The number of hydrogen-bond acceptors (Lipinski definition) is 1. The van der Waals surface area contributed by atoms with Gasteiger partial charge in [0.2, 0.25) is 0 Å². The molecule has 1 aliphatic carbocycles. The molecule has 1 aliphatic heterocycles. The Kier molecular flexibility index (Phi) is 1.26. The van der Waals surface area contributed by atoms with Crippen molar-refractivity contribution < 1.29 is 0 Å². The summed E-state index contributed by atoms with van der Waals surface area (Å²) in [5, 5.41) is 0. The van der Waals surface area contributed by atoms with Crippen molar-refractivity contribution in [3.63, 3.8) is 0 Å². The van der Waals surface area contributed by atoms with Gasteiger partial charge in [-0.15, -0.1) is 0 Å². The van der Waals surface area contributed by atoms with Crippen LogP contribution in [0.2, 0.25) is 0 Å². The highest BCUT2D eigenvalue weighted by Gasteiger charge is 2.45. The number of piperidine rings is 1. The van der Waals surface area contributed by atoms with Crippen LogP contribution in [0.3, 0.4) is 0 Å². The monoisotopic (exact) mass is 125 g/mol. The second-order valence-corrected chi connectivity index (χ2v) is 3.39. The molecule has 2 unspecified atom stereocenters. The third kappa shape index (κ3) is 0.877. The molecule has 2 atom stereocenters. The van der Waals surface area contributed by atoms with Gasteiger partial charge in [-0.25, -0.2) is 0 Å². The Morgan fingerprint density at radius 1 is 1.56 bits per heavy atom. The van der Waals surface area contributed by atoms with Crippen molar-refractivity contribution in [3.8, 4) is 0 Å². The molecule has 1 heteroatoms. The molecule has 1 saturated heterocycles. The van der Waals surface area contributed by atoms with E-state index in [9.17, 15) is 0 Å². The average molecular weight is 125 g/mol. The van der Waals surface area contributed by atoms with Gasteiger partial charge in [-0.3, -0.25) is 0 Å². The van der Waals surface area contributed by atoms with Crippen LogP contribution in [0.5, 0.6) is 0 Å². The van der Waals surface area contributed by atoms with E-state index in [2.05, 4.69) is 11.8 Å². The predicted molar refractivity (Wildman–Crippen MR) is 38.4 cm³/mol. The topological polar surface area (TPSA) is 3.24 Å². The fourth-order valence-corrected chi connectivity index (χ4v) is 2.05. The molecular formula is C8H15N. The van der Waals surface area contributed by atoms with Crippen molar-refractivity contribution in [2.75, 3.05) is 13.1 Å². The molecule has 2 rings (SSSR count). The zero-order valence-corrected chi connectivity index (χ0v) is 6.14. The van der Waals surface area contributed by atoms with Gasteiger partial charge < -0.3 is 4.90 Å². The summed E-state index contributed by atoms with van der Waals surface area (Å²) in [6.45, 7) is 5.01. The lowest BCUT2D eigenvalue weighted by Crippen LogP contribution is -2.23. The van der Waals surface area contributed by atoms with Crippen molar-refractivity contribution >= 4 is 0 Å². The molecular weight excluding hydrogens is 110 g/mol. The van der Waals surface area contributed by atoms with Crippen LogP contribution in [0.1, 0.15) is 26.2 Å².